The molecule has 3 unspecified atom stereocenters. The van der Waals surface area contributed by atoms with E-state index >= 15 is 0 Å². The van der Waals surface area contributed by atoms with Gasteiger partial charge in [-0.2, -0.15) is 12.6 Å². The fraction of sp³-hybridized carbons (Fsp3) is 1.00. The van der Waals surface area contributed by atoms with Crippen molar-refractivity contribution in [2.24, 2.45) is 23.2 Å². The molecule has 0 amide bonds. The maximum Gasteiger partial charge on any atom is 0.00241 e. The van der Waals surface area contributed by atoms with Gasteiger partial charge >= 0.3 is 0 Å². The van der Waals surface area contributed by atoms with Gasteiger partial charge in [0.1, 0.15) is 0 Å². The molecule has 0 aromatic carbocycles. The van der Waals surface area contributed by atoms with Gasteiger partial charge in [-0.05, 0) is 54.7 Å². The van der Waals surface area contributed by atoms with E-state index in [0.717, 1.165) is 17.8 Å². The number of hydrogen-bond acceptors (Lipinski definition) is 2. The smallest absolute Gasteiger partial charge is 0.00241 e. The average molecular weight is 241 g/mol. The molecule has 94 valence electrons. The Morgan fingerprint density at radius 2 is 1.94 bits per heavy atom. The predicted octanol–water partition coefficient (Wildman–Crippen LogP) is 3.31. The molecule has 2 rings (SSSR count). The molecule has 0 aromatic heterocycles. The summed E-state index contributed by atoms with van der Waals surface area (Å²) < 4.78 is 0. The van der Waals surface area contributed by atoms with Crippen LogP contribution in [-0.4, -0.2) is 30.3 Å². The van der Waals surface area contributed by atoms with Crippen molar-refractivity contribution in [3.05, 3.63) is 0 Å². The number of nitrogens with zero attached hydrogens (tertiary/aromatic N) is 1. The maximum atomic E-state index is 4.50. The minimum absolute atomic E-state index is 0.561. The summed E-state index contributed by atoms with van der Waals surface area (Å²) in [6, 6.07) is 0. The van der Waals surface area contributed by atoms with Gasteiger partial charge in [-0.15, -0.1) is 0 Å². The molecule has 1 heterocycles. The number of likely N-dealkylation sites (tertiary alicyclic amines) is 1. The average Bonchev–Trinajstić information content (AvgIpc) is 2.75. The first-order valence-electron chi connectivity index (χ1n) is 6.75. The molecule has 1 aliphatic carbocycles. The fourth-order valence-electron chi connectivity index (χ4n) is 3.32. The van der Waals surface area contributed by atoms with Crippen LogP contribution >= 0.6 is 12.6 Å². The maximum absolute atomic E-state index is 4.50. The van der Waals surface area contributed by atoms with Gasteiger partial charge in [0.15, 0.2) is 0 Å². The van der Waals surface area contributed by atoms with E-state index in [1.54, 1.807) is 0 Å². The van der Waals surface area contributed by atoms with Gasteiger partial charge < -0.3 is 4.90 Å². The van der Waals surface area contributed by atoms with Gasteiger partial charge in [0.25, 0.3) is 0 Å². The van der Waals surface area contributed by atoms with Crippen molar-refractivity contribution in [3.8, 4) is 0 Å². The Bertz CT molecular complexity index is 243. The second-order valence-electron chi connectivity index (χ2n) is 6.95. The predicted molar refractivity (Wildman–Crippen MR) is 74.0 cm³/mol. The highest BCUT2D eigenvalue weighted by atomic mass is 32.1. The van der Waals surface area contributed by atoms with Crippen molar-refractivity contribution >= 4 is 12.6 Å². The lowest BCUT2D eigenvalue weighted by atomic mass is 9.71. The van der Waals surface area contributed by atoms with Crippen LogP contribution in [0, 0.1) is 23.2 Å². The van der Waals surface area contributed by atoms with E-state index in [4.69, 9.17) is 0 Å². The van der Waals surface area contributed by atoms with Crippen molar-refractivity contribution < 1.29 is 0 Å². The number of rotatable bonds is 5. The van der Waals surface area contributed by atoms with E-state index < -0.39 is 0 Å². The van der Waals surface area contributed by atoms with Gasteiger partial charge in [-0.3, -0.25) is 0 Å². The van der Waals surface area contributed by atoms with Crippen LogP contribution in [0.25, 0.3) is 0 Å². The van der Waals surface area contributed by atoms with Gasteiger partial charge in [0, 0.05) is 13.1 Å². The zero-order valence-electron chi connectivity index (χ0n) is 11.2. The second-order valence-corrected chi connectivity index (χ2v) is 7.83. The lowest BCUT2D eigenvalue weighted by molar-refractivity contribution is 0.0253. The highest BCUT2D eigenvalue weighted by Gasteiger charge is 2.45. The normalized spacial score (nSPS) is 33.6. The third-order valence-corrected chi connectivity index (χ3v) is 4.88. The van der Waals surface area contributed by atoms with Gasteiger partial charge in [0.05, 0.1) is 0 Å². The Morgan fingerprint density at radius 1 is 1.31 bits per heavy atom. The molecule has 0 radical (unpaired) electrons. The molecular weight excluding hydrogens is 214 g/mol. The molecule has 0 bridgehead atoms. The molecule has 2 fully saturated rings. The van der Waals surface area contributed by atoms with E-state index in [0.29, 0.717) is 10.7 Å². The van der Waals surface area contributed by atoms with Crippen LogP contribution in [0.2, 0.25) is 0 Å². The van der Waals surface area contributed by atoms with Gasteiger partial charge in [0.2, 0.25) is 0 Å². The lowest BCUT2D eigenvalue weighted by Crippen LogP contribution is -2.50. The highest BCUT2D eigenvalue weighted by molar-refractivity contribution is 7.80. The third-order valence-electron chi connectivity index (χ3n) is 4.67. The van der Waals surface area contributed by atoms with Crippen molar-refractivity contribution in [1.82, 2.24) is 4.90 Å². The zero-order chi connectivity index (χ0) is 11.9. The summed E-state index contributed by atoms with van der Waals surface area (Å²) in [5, 5.41) is 0.591. The summed E-state index contributed by atoms with van der Waals surface area (Å²) in [5.74, 6) is 2.94. The van der Waals surface area contributed by atoms with Crippen LogP contribution in [-0.2, 0) is 0 Å². The lowest BCUT2D eigenvalue weighted by Gasteiger charge is -2.46. The molecule has 1 aliphatic heterocycles. The van der Waals surface area contributed by atoms with Crippen molar-refractivity contribution in [2.45, 2.75) is 45.3 Å². The van der Waals surface area contributed by atoms with E-state index in [9.17, 15) is 0 Å². The molecule has 0 aromatic rings. The van der Waals surface area contributed by atoms with Crippen LogP contribution in [0.3, 0.4) is 0 Å². The molecule has 1 nitrogen and oxygen atoms in total. The quantitative estimate of drug-likeness (QED) is 0.723. The minimum atomic E-state index is 0.561. The second kappa shape index (κ2) is 4.53. The summed E-state index contributed by atoms with van der Waals surface area (Å²) in [6.07, 6.45) is 4.24. The molecule has 0 spiro atoms. The number of thiol groups is 1. The van der Waals surface area contributed by atoms with E-state index in [1.807, 2.05) is 0 Å². The summed E-state index contributed by atoms with van der Waals surface area (Å²) in [7, 11) is 2.23. The standard InChI is InChI=1S/C14H27NS/c1-10(16)5-11-6-12(11)7-14(2,3)13-8-15(4)9-13/h10-13,16H,5-9H2,1-4H3. The summed E-state index contributed by atoms with van der Waals surface area (Å²) in [4.78, 5) is 2.44. The SMILES string of the molecule is CC(S)CC1CC1CC(C)(C)C1CN(C)C1. The summed E-state index contributed by atoms with van der Waals surface area (Å²) in [5.41, 5.74) is 0.561. The summed E-state index contributed by atoms with van der Waals surface area (Å²) in [6.45, 7) is 9.81. The highest BCUT2D eigenvalue weighted by Crippen LogP contribution is 2.51. The Balaban J connectivity index is 1.73. The van der Waals surface area contributed by atoms with Crippen LogP contribution in [0.4, 0.5) is 0 Å². The zero-order valence-corrected chi connectivity index (χ0v) is 12.1. The molecule has 3 atom stereocenters. The van der Waals surface area contributed by atoms with Gasteiger partial charge in [-0.1, -0.05) is 20.8 Å². The molecule has 1 saturated carbocycles. The van der Waals surface area contributed by atoms with E-state index in [2.05, 4.69) is 45.3 Å². The van der Waals surface area contributed by atoms with Crippen LogP contribution in [0.5, 0.6) is 0 Å². The molecular formula is C14H27NS. The molecule has 16 heavy (non-hydrogen) atoms. The van der Waals surface area contributed by atoms with Crippen molar-refractivity contribution in [1.29, 1.82) is 0 Å². The Labute approximate surface area is 106 Å². The van der Waals surface area contributed by atoms with Crippen LogP contribution < -0.4 is 0 Å². The number of hydrogen-bond donors (Lipinski definition) is 1. The molecule has 2 aliphatic rings. The van der Waals surface area contributed by atoms with E-state index in [1.165, 1.54) is 32.4 Å². The molecule has 1 saturated heterocycles. The fourth-order valence-corrected chi connectivity index (χ4v) is 3.59. The van der Waals surface area contributed by atoms with Gasteiger partial charge in [-0.25, -0.2) is 0 Å². The molecule has 0 N–H and O–H groups in total. The van der Waals surface area contributed by atoms with Crippen LogP contribution in [0.1, 0.15) is 40.0 Å². The first-order chi connectivity index (χ1) is 7.38. The van der Waals surface area contributed by atoms with Crippen molar-refractivity contribution in [3.63, 3.8) is 0 Å². The molecule has 2 heteroatoms. The van der Waals surface area contributed by atoms with Crippen LogP contribution in [0.15, 0.2) is 0 Å². The van der Waals surface area contributed by atoms with E-state index in [-0.39, 0.29) is 0 Å². The van der Waals surface area contributed by atoms with Crippen molar-refractivity contribution in [2.75, 3.05) is 20.1 Å². The Kier molecular flexibility index (Phi) is 3.61. The first kappa shape index (κ1) is 12.8. The Morgan fingerprint density at radius 3 is 2.44 bits per heavy atom. The topological polar surface area (TPSA) is 3.24 Å². The summed E-state index contributed by atoms with van der Waals surface area (Å²) >= 11 is 4.50. The minimum Gasteiger partial charge on any atom is -0.306 e. The first-order valence-corrected chi connectivity index (χ1v) is 7.26. The third kappa shape index (κ3) is 2.95. The largest absolute Gasteiger partial charge is 0.306 e. The monoisotopic (exact) mass is 241 g/mol. The Hall–Kier alpha value is 0.310.